The molecule has 0 radical (unpaired) electrons. The van der Waals surface area contributed by atoms with E-state index in [2.05, 4.69) is 11.1 Å². The van der Waals surface area contributed by atoms with Gasteiger partial charge in [-0.1, -0.05) is 23.7 Å². The number of carbonyl (C=O) groups is 1. The number of aromatic amines is 1. The van der Waals surface area contributed by atoms with Crippen molar-refractivity contribution in [1.29, 1.82) is 0 Å². The van der Waals surface area contributed by atoms with Crippen molar-refractivity contribution >= 4 is 34.0 Å². The van der Waals surface area contributed by atoms with Gasteiger partial charge in [0.05, 0.1) is 0 Å². The first-order valence-corrected chi connectivity index (χ1v) is 6.74. The van der Waals surface area contributed by atoms with Gasteiger partial charge < -0.3 is 9.88 Å². The minimum absolute atomic E-state index is 0.140. The molecule has 0 saturated carbocycles. The topological polar surface area (TPSA) is 36.1 Å². The van der Waals surface area contributed by atoms with E-state index in [0.717, 1.165) is 23.5 Å². The molecule has 0 aliphatic carbocycles. The summed E-state index contributed by atoms with van der Waals surface area (Å²) in [6.07, 6.45) is 5.06. The number of nitrogens with zero attached hydrogens (tertiary/aromatic N) is 1. The molecule has 1 N–H and O–H groups in total. The van der Waals surface area contributed by atoms with E-state index >= 15 is 0 Å². The van der Waals surface area contributed by atoms with Crippen molar-refractivity contribution < 1.29 is 4.79 Å². The maximum Gasteiger partial charge on any atom is 0.219 e. The number of rotatable bonds is 1. The van der Waals surface area contributed by atoms with Gasteiger partial charge in [-0.15, -0.1) is 0 Å². The van der Waals surface area contributed by atoms with Crippen LogP contribution in [0.15, 0.2) is 30.5 Å². The van der Waals surface area contributed by atoms with Crippen LogP contribution < -0.4 is 0 Å². The lowest BCUT2D eigenvalue weighted by molar-refractivity contribution is -0.128. The van der Waals surface area contributed by atoms with E-state index < -0.39 is 0 Å². The Morgan fingerprint density at radius 3 is 2.95 bits per heavy atom. The number of aromatic nitrogens is 1. The maximum absolute atomic E-state index is 11.3. The van der Waals surface area contributed by atoms with Gasteiger partial charge in [-0.25, -0.2) is 0 Å². The highest BCUT2D eigenvalue weighted by Crippen LogP contribution is 2.30. The van der Waals surface area contributed by atoms with E-state index in [9.17, 15) is 4.79 Å². The van der Waals surface area contributed by atoms with Crippen molar-refractivity contribution in [1.82, 2.24) is 9.88 Å². The second kappa shape index (κ2) is 4.74. The van der Waals surface area contributed by atoms with Gasteiger partial charge >= 0.3 is 0 Å². The third-order valence-corrected chi connectivity index (χ3v) is 3.88. The Bertz CT molecular complexity index is 672. The minimum Gasteiger partial charge on any atom is -0.361 e. The Hall–Kier alpha value is -1.74. The van der Waals surface area contributed by atoms with Crippen molar-refractivity contribution in [3.63, 3.8) is 0 Å². The summed E-state index contributed by atoms with van der Waals surface area (Å²) in [5.74, 6) is 0.140. The van der Waals surface area contributed by atoms with E-state index in [4.69, 9.17) is 11.6 Å². The van der Waals surface area contributed by atoms with Crippen molar-refractivity contribution in [3.8, 4) is 0 Å². The third kappa shape index (κ3) is 2.26. The molecule has 0 unspecified atom stereocenters. The van der Waals surface area contributed by atoms with E-state index in [1.54, 1.807) is 6.92 Å². The van der Waals surface area contributed by atoms with Gasteiger partial charge in [0.1, 0.15) is 0 Å². The van der Waals surface area contributed by atoms with Crippen molar-refractivity contribution in [2.24, 2.45) is 0 Å². The molecule has 1 aliphatic rings. The van der Waals surface area contributed by atoms with Gasteiger partial charge in [0.25, 0.3) is 0 Å². The second-order valence-electron chi connectivity index (χ2n) is 4.84. The fourth-order valence-electron chi connectivity index (χ4n) is 2.56. The zero-order valence-electron chi connectivity index (χ0n) is 10.7. The Kier molecular flexibility index (Phi) is 3.07. The molecule has 2 aromatic rings. The summed E-state index contributed by atoms with van der Waals surface area (Å²) >= 11 is 5.99. The lowest BCUT2D eigenvalue weighted by Crippen LogP contribution is -2.32. The van der Waals surface area contributed by atoms with Crippen molar-refractivity contribution in [2.45, 2.75) is 13.3 Å². The van der Waals surface area contributed by atoms with Crippen LogP contribution in [0, 0.1) is 0 Å². The van der Waals surface area contributed by atoms with Gasteiger partial charge in [-0.05, 0) is 24.1 Å². The lowest BCUT2D eigenvalue weighted by atomic mass is 9.99. The molecular weight excluding hydrogens is 260 g/mol. The summed E-state index contributed by atoms with van der Waals surface area (Å²) in [6.45, 7) is 3.11. The summed E-state index contributed by atoms with van der Waals surface area (Å²) in [7, 11) is 0. The first-order valence-electron chi connectivity index (χ1n) is 6.37. The Morgan fingerprint density at radius 2 is 2.26 bits per heavy atom. The van der Waals surface area contributed by atoms with Gasteiger partial charge in [0.2, 0.25) is 5.91 Å². The minimum atomic E-state index is 0.140. The summed E-state index contributed by atoms with van der Waals surface area (Å²) in [6, 6.07) is 5.89. The van der Waals surface area contributed by atoms with E-state index in [-0.39, 0.29) is 5.91 Å². The smallest absolute Gasteiger partial charge is 0.219 e. The number of benzene rings is 1. The largest absolute Gasteiger partial charge is 0.361 e. The molecule has 1 aromatic carbocycles. The molecule has 98 valence electrons. The van der Waals surface area contributed by atoms with Gasteiger partial charge in [0.15, 0.2) is 0 Å². The summed E-state index contributed by atoms with van der Waals surface area (Å²) in [4.78, 5) is 16.4. The Balaban J connectivity index is 1.95. The van der Waals surface area contributed by atoms with E-state index in [0.29, 0.717) is 6.54 Å². The molecule has 1 aromatic heterocycles. The summed E-state index contributed by atoms with van der Waals surface area (Å²) in [5.41, 5.74) is 3.57. The zero-order valence-corrected chi connectivity index (χ0v) is 11.5. The maximum atomic E-state index is 11.3. The number of hydrogen-bond donors (Lipinski definition) is 1. The second-order valence-corrected chi connectivity index (χ2v) is 5.27. The fourth-order valence-corrected chi connectivity index (χ4v) is 2.74. The zero-order chi connectivity index (χ0) is 13.4. The third-order valence-electron chi connectivity index (χ3n) is 3.64. The molecule has 2 heterocycles. The van der Waals surface area contributed by atoms with Crippen LogP contribution in [0.2, 0.25) is 5.02 Å². The molecular formula is C15H15ClN2O. The molecule has 0 bridgehead atoms. The van der Waals surface area contributed by atoms with Crippen LogP contribution in [0.5, 0.6) is 0 Å². The van der Waals surface area contributed by atoms with Crippen LogP contribution in [0.1, 0.15) is 18.9 Å². The average molecular weight is 275 g/mol. The van der Waals surface area contributed by atoms with E-state index in [1.807, 2.05) is 29.3 Å². The Labute approximate surface area is 116 Å². The Morgan fingerprint density at radius 1 is 1.42 bits per heavy atom. The molecule has 0 fully saturated rings. The van der Waals surface area contributed by atoms with Crippen molar-refractivity contribution in [3.05, 3.63) is 41.1 Å². The lowest BCUT2D eigenvalue weighted by Gasteiger charge is -2.25. The highest BCUT2D eigenvalue weighted by Gasteiger charge is 2.16. The summed E-state index contributed by atoms with van der Waals surface area (Å²) in [5, 5.41) is 1.92. The monoisotopic (exact) mass is 274 g/mol. The predicted octanol–water partition coefficient (Wildman–Crippen LogP) is 3.46. The number of fused-ring (bicyclic) bond motifs is 1. The molecule has 4 heteroatoms. The molecule has 0 atom stereocenters. The number of carbonyl (C=O) groups excluding carboxylic acids is 1. The van der Waals surface area contributed by atoms with Crippen LogP contribution in [0.25, 0.3) is 16.5 Å². The summed E-state index contributed by atoms with van der Waals surface area (Å²) < 4.78 is 0. The molecule has 3 rings (SSSR count). The van der Waals surface area contributed by atoms with Gasteiger partial charge in [0, 0.05) is 47.7 Å². The highest BCUT2D eigenvalue weighted by molar-refractivity contribution is 6.31. The number of nitrogens with one attached hydrogen (secondary N) is 1. The fraction of sp³-hybridized carbons (Fsp3) is 0.267. The van der Waals surface area contributed by atoms with Gasteiger partial charge in [-0.2, -0.15) is 0 Å². The average Bonchev–Trinajstić information content (AvgIpc) is 2.81. The first-order chi connectivity index (χ1) is 9.15. The van der Waals surface area contributed by atoms with Crippen LogP contribution in [-0.2, 0) is 4.79 Å². The number of hydrogen-bond acceptors (Lipinski definition) is 1. The number of halogens is 1. The SMILES string of the molecule is CC(=O)N1CC=C(c2c[nH]c3cc(Cl)ccc23)CC1. The normalized spacial score (nSPS) is 15.7. The van der Waals surface area contributed by atoms with Crippen molar-refractivity contribution in [2.75, 3.05) is 13.1 Å². The van der Waals surface area contributed by atoms with Crippen LogP contribution >= 0.6 is 11.6 Å². The molecule has 1 amide bonds. The first kappa shape index (κ1) is 12.3. The standard InChI is InChI=1S/C15H15ClN2O/c1-10(19)18-6-4-11(5-7-18)14-9-17-15-8-12(16)2-3-13(14)15/h2-4,8-9,17H,5-7H2,1H3. The molecule has 0 saturated heterocycles. The predicted molar refractivity (Wildman–Crippen MR) is 78.2 cm³/mol. The van der Waals surface area contributed by atoms with Crippen LogP contribution in [0.4, 0.5) is 0 Å². The van der Waals surface area contributed by atoms with Crippen LogP contribution in [-0.4, -0.2) is 28.9 Å². The number of H-pyrrole nitrogens is 1. The van der Waals surface area contributed by atoms with Crippen LogP contribution in [0.3, 0.4) is 0 Å². The molecule has 19 heavy (non-hydrogen) atoms. The number of amides is 1. The quantitative estimate of drug-likeness (QED) is 0.849. The molecule has 0 spiro atoms. The molecule has 3 nitrogen and oxygen atoms in total. The van der Waals surface area contributed by atoms with Gasteiger partial charge in [-0.3, -0.25) is 4.79 Å². The molecule has 1 aliphatic heterocycles. The van der Waals surface area contributed by atoms with E-state index in [1.165, 1.54) is 16.5 Å². The highest BCUT2D eigenvalue weighted by atomic mass is 35.5.